The maximum atomic E-state index is 12.2. The average Bonchev–Trinajstić information content (AvgIpc) is 2.99. The van der Waals surface area contributed by atoms with Gasteiger partial charge in [0, 0.05) is 18.9 Å². The van der Waals surface area contributed by atoms with E-state index in [2.05, 4.69) is 36.4 Å². The zero-order chi connectivity index (χ0) is 13.9. The normalized spacial score (nSPS) is 21.3. The van der Waals surface area contributed by atoms with E-state index in [0.29, 0.717) is 0 Å². The molecular weight excluding hydrogens is 240 g/mol. The van der Waals surface area contributed by atoms with Crippen LogP contribution in [0.5, 0.6) is 0 Å². The number of nitrogens with zero attached hydrogens (tertiary/aromatic N) is 2. The van der Waals surface area contributed by atoms with Crippen LogP contribution in [0, 0.1) is 5.41 Å². The number of nitrogens with one attached hydrogen (secondary N) is 2. The van der Waals surface area contributed by atoms with Gasteiger partial charge < -0.3 is 15.2 Å². The van der Waals surface area contributed by atoms with E-state index < -0.39 is 0 Å². The molecule has 1 aromatic heterocycles. The van der Waals surface area contributed by atoms with Crippen molar-refractivity contribution >= 4 is 5.91 Å². The van der Waals surface area contributed by atoms with Crippen molar-refractivity contribution in [3.05, 3.63) is 18.7 Å². The van der Waals surface area contributed by atoms with E-state index in [-0.39, 0.29) is 23.4 Å². The molecule has 1 saturated heterocycles. The molecule has 2 atom stereocenters. The first kappa shape index (κ1) is 14.1. The molecule has 1 amide bonds. The van der Waals surface area contributed by atoms with E-state index in [1.165, 1.54) is 0 Å². The Labute approximate surface area is 114 Å². The molecule has 1 fully saturated rings. The monoisotopic (exact) mass is 264 g/mol. The Hall–Kier alpha value is -1.36. The smallest absolute Gasteiger partial charge is 0.237 e. The van der Waals surface area contributed by atoms with Crippen LogP contribution in [-0.4, -0.2) is 34.1 Å². The maximum Gasteiger partial charge on any atom is 0.237 e. The van der Waals surface area contributed by atoms with Crippen LogP contribution in [-0.2, 0) is 11.3 Å². The second-order valence-electron chi connectivity index (χ2n) is 6.34. The summed E-state index contributed by atoms with van der Waals surface area (Å²) in [6.45, 7) is 8.15. The Bertz CT molecular complexity index is 402. The number of imidazole rings is 1. The summed E-state index contributed by atoms with van der Waals surface area (Å²) in [6.07, 6.45) is 7.51. The van der Waals surface area contributed by atoms with Gasteiger partial charge in [0.05, 0.1) is 18.4 Å². The van der Waals surface area contributed by atoms with Gasteiger partial charge >= 0.3 is 0 Å². The first-order valence-electron chi connectivity index (χ1n) is 6.96. The van der Waals surface area contributed by atoms with Gasteiger partial charge in [-0.2, -0.15) is 0 Å². The Morgan fingerprint density at radius 1 is 1.58 bits per heavy atom. The van der Waals surface area contributed by atoms with Crippen molar-refractivity contribution < 1.29 is 4.79 Å². The first-order valence-corrected chi connectivity index (χ1v) is 6.96. The number of carbonyl (C=O) groups is 1. The molecule has 2 rings (SSSR count). The molecule has 0 radical (unpaired) electrons. The third kappa shape index (κ3) is 3.80. The molecule has 0 aliphatic carbocycles. The molecule has 2 N–H and O–H groups in total. The van der Waals surface area contributed by atoms with Gasteiger partial charge in [0.15, 0.2) is 0 Å². The van der Waals surface area contributed by atoms with Gasteiger partial charge in [-0.3, -0.25) is 4.79 Å². The summed E-state index contributed by atoms with van der Waals surface area (Å²) in [7, 11) is 0. The van der Waals surface area contributed by atoms with Crippen LogP contribution in [0.2, 0.25) is 0 Å². The van der Waals surface area contributed by atoms with Crippen LogP contribution < -0.4 is 10.6 Å². The predicted octanol–water partition coefficient (Wildman–Crippen LogP) is 1.17. The Morgan fingerprint density at radius 3 is 2.89 bits per heavy atom. The van der Waals surface area contributed by atoms with Crippen LogP contribution in [0.4, 0.5) is 0 Å². The summed E-state index contributed by atoms with van der Waals surface area (Å²) < 4.78 is 2.01. The summed E-state index contributed by atoms with van der Waals surface area (Å²) in [5.74, 6) is 0.123. The minimum Gasteiger partial charge on any atom is -0.350 e. The van der Waals surface area contributed by atoms with Crippen LogP contribution in [0.15, 0.2) is 18.7 Å². The second-order valence-corrected chi connectivity index (χ2v) is 6.34. The molecule has 5 heteroatoms. The highest BCUT2D eigenvalue weighted by Gasteiger charge is 2.30. The van der Waals surface area contributed by atoms with Gasteiger partial charge in [0.25, 0.3) is 0 Å². The van der Waals surface area contributed by atoms with Crippen molar-refractivity contribution in [1.29, 1.82) is 0 Å². The standard InChI is InChI=1S/C14H24N4O/c1-14(2,3)12(9-18-8-7-15-10-18)17-13(19)11-5-4-6-16-11/h7-8,10-12,16H,4-6,9H2,1-3H3,(H,17,19)/t11-,12?/m0/s1. The molecule has 19 heavy (non-hydrogen) atoms. The highest BCUT2D eigenvalue weighted by atomic mass is 16.2. The molecule has 5 nitrogen and oxygen atoms in total. The van der Waals surface area contributed by atoms with Gasteiger partial charge in [-0.1, -0.05) is 20.8 Å². The molecule has 0 bridgehead atoms. The van der Waals surface area contributed by atoms with Gasteiger partial charge in [-0.15, -0.1) is 0 Å². The number of amides is 1. The SMILES string of the molecule is CC(C)(C)C(Cn1ccnc1)NC(=O)[C@@H]1CCCN1. The molecule has 2 heterocycles. The van der Waals surface area contributed by atoms with Gasteiger partial charge in [-0.25, -0.2) is 4.98 Å². The quantitative estimate of drug-likeness (QED) is 0.858. The minimum atomic E-state index is -0.0207. The molecule has 0 saturated carbocycles. The Balaban J connectivity index is 1.99. The molecule has 1 aliphatic heterocycles. The number of hydrogen-bond acceptors (Lipinski definition) is 3. The van der Waals surface area contributed by atoms with E-state index in [1.54, 1.807) is 12.5 Å². The molecule has 0 aromatic carbocycles. The third-order valence-electron chi connectivity index (χ3n) is 3.69. The van der Waals surface area contributed by atoms with Crippen molar-refractivity contribution in [3.63, 3.8) is 0 Å². The lowest BCUT2D eigenvalue weighted by atomic mass is 9.86. The number of aromatic nitrogens is 2. The highest BCUT2D eigenvalue weighted by molar-refractivity contribution is 5.82. The van der Waals surface area contributed by atoms with E-state index in [9.17, 15) is 4.79 Å². The van der Waals surface area contributed by atoms with Crippen LogP contribution in [0.1, 0.15) is 33.6 Å². The molecule has 1 unspecified atom stereocenters. The fourth-order valence-corrected chi connectivity index (χ4v) is 2.32. The van der Waals surface area contributed by atoms with Crippen molar-refractivity contribution in [2.24, 2.45) is 5.41 Å². The van der Waals surface area contributed by atoms with Crippen molar-refractivity contribution in [2.75, 3.05) is 6.54 Å². The largest absolute Gasteiger partial charge is 0.350 e. The Morgan fingerprint density at radius 2 is 2.37 bits per heavy atom. The molecule has 0 spiro atoms. The minimum absolute atomic E-state index is 0.0124. The third-order valence-corrected chi connectivity index (χ3v) is 3.69. The second kappa shape index (κ2) is 5.74. The van der Waals surface area contributed by atoms with Crippen LogP contribution in [0.3, 0.4) is 0 Å². The van der Waals surface area contributed by atoms with E-state index in [0.717, 1.165) is 25.9 Å². The topological polar surface area (TPSA) is 59.0 Å². The fourth-order valence-electron chi connectivity index (χ4n) is 2.32. The van der Waals surface area contributed by atoms with Crippen molar-refractivity contribution in [2.45, 2.75) is 52.2 Å². The zero-order valence-corrected chi connectivity index (χ0v) is 12.0. The molecule has 1 aliphatic rings. The highest BCUT2D eigenvalue weighted by Crippen LogP contribution is 2.21. The van der Waals surface area contributed by atoms with Crippen LogP contribution in [0.25, 0.3) is 0 Å². The van der Waals surface area contributed by atoms with Crippen molar-refractivity contribution in [1.82, 2.24) is 20.2 Å². The average molecular weight is 264 g/mol. The summed E-state index contributed by atoms with van der Waals surface area (Å²) in [5, 5.41) is 6.43. The number of rotatable bonds is 4. The van der Waals surface area contributed by atoms with E-state index in [1.807, 2.05) is 10.8 Å². The first-order chi connectivity index (χ1) is 8.97. The van der Waals surface area contributed by atoms with Gasteiger partial charge in [0.1, 0.15) is 0 Å². The summed E-state index contributed by atoms with van der Waals surface area (Å²) >= 11 is 0. The molecule has 1 aromatic rings. The zero-order valence-electron chi connectivity index (χ0n) is 12.0. The summed E-state index contributed by atoms with van der Waals surface area (Å²) in [6, 6.07) is 0.0734. The van der Waals surface area contributed by atoms with E-state index >= 15 is 0 Å². The number of hydrogen-bond donors (Lipinski definition) is 2. The fraction of sp³-hybridized carbons (Fsp3) is 0.714. The van der Waals surface area contributed by atoms with Crippen LogP contribution >= 0.6 is 0 Å². The predicted molar refractivity (Wildman–Crippen MR) is 74.6 cm³/mol. The van der Waals surface area contributed by atoms with Crippen molar-refractivity contribution in [3.8, 4) is 0 Å². The lowest BCUT2D eigenvalue weighted by molar-refractivity contribution is -0.124. The van der Waals surface area contributed by atoms with Gasteiger partial charge in [-0.05, 0) is 24.8 Å². The lowest BCUT2D eigenvalue weighted by Crippen LogP contribution is -2.51. The van der Waals surface area contributed by atoms with E-state index in [4.69, 9.17) is 0 Å². The summed E-state index contributed by atoms with van der Waals surface area (Å²) in [5.41, 5.74) is 0.0124. The Kier molecular flexibility index (Phi) is 4.24. The number of carbonyl (C=O) groups excluding carboxylic acids is 1. The maximum absolute atomic E-state index is 12.2. The summed E-state index contributed by atoms with van der Waals surface area (Å²) in [4.78, 5) is 16.3. The molecular formula is C14H24N4O. The van der Waals surface area contributed by atoms with Gasteiger partial charge in [0.2, 0.25) is 5.91 Å². The lowest BCUT2D eigenvalue weighted by Gasteiger charge is -2.32. The molecule has 106 valence electrons.